The highest BCUT2D eigenvalue weighted by Crippen LogP contribution is 2.26. The minimum atomic E-state index is -0.155. The van der Waals surface area contributed by atoms with E-state index in [9.17, 15) is 9.90 Å². The van der Waals surface area contributed by atoms with Crippen LogP contribution in [0.2, 0.25) is 0 Å². The number of hydrazone groups is 1. The number of rotatable bonds is 4. The molecule has 1 amide bonds. The lowest BCUT2D eigenvalue weighted by atomic mass is 10.0. The van der Waals surface area contributed by atoms with Crippen LogP contribution in [0, 0.1) is 0 Å². The average molecular weight is 309 g/mol. The molecule has 0 radical (unpaired) electrons. The summed E-state index contributed by atoms with van der Waals surface area (Å²) in [7, 11) is 0. The van der Waals surface area contributed by atoms with Crippen LogP contribution >= 0.6 is 0 Å². The van der Waals surface area contributed by atoms with E-state index in [2.05, 4.69) is 27.6 Å². The number of aryl methyl sites for hydroxylation is 1. The fourth-order valence-corrected chi connectivity index (χ4v) is 2.77. The molecular formula is C18H19N3O2. The molecular weight excluding hydrogens is 290 g/mol. The highest BCUT2D eigenvalue weighted by Gasteiger charge is 2.18. The van der Waals surface area contributed by atoms with Gasteiger partial charge in [-0.25, -0.2) is 5.43 Å². The van der Waals surface area contributed by atoms with Crippen molar-refractivity contribution in [2.75, 3.05) is 18.0 Å². The third kappa shape index (κ3) is 3.88. The molecule has 0 unspecified atom stereocenters. The molecule has 3 rings (SSSR count). The average Bonchev–Trinajstić information content (AvgIpc) is 2.55. The molecule has 0 atom stereocenters. The molecule has 2 aromatic rings. The third-order valence-corrected chi connectivity index (χ3v) is 3.81. The van der Waals surface area contributed by atoms with Gasteiger partial charge in [-0.05, 0) is 42.2 Å². The Morgan fingerprint density at radius 3 is 3.00 bits per heavy atom. The summed E-state index contributed by atoms with van der Waals surface area (Å²) in [6.07, 6.45) is 3.63. The predicted octanol–water partition coefficient (Wildman–Crippen LogP) is 2.30. The molecule has 0 bridgehead atoms. The first-order chi connectivity index (χ1) is 11.2. The third-order valence-electron chi connectivity index (χ3n) is 3.81. The summed E-state index contributed by atoms with van der Waals surface area (Å²) in [6.45, 7) is 1.16. The molecule has 2 N–H and O–H groups in total. The summed E-state index contributed by atoms with van der Waals surface area (Å²) in [5, 5.41) is 13.3. The van der Waals surface area contributed by atoms with E-state index in [1.807, 2.05) is 12.1 Å². The number of hydrogen-bond donors (Lipinski definition) is 2. The van der Waals surface area contributed by atoms with Gasteiger partial charge in [-0.15, -0.1) is 0 Å². The second-order valence-corrected chi connectivity index (χ2v) is 5.54. The summed E-state index contributed by atoms with van der Waals surface area (Å²) < 4.78 is 0. The summed E-state index contributed by atoms with van der Waals surface area (Å²) in [5.74, 6) is 0.0170. The first-order valence-electron chi connectivity index (χ1n) is 7.66. The molecule has 0 saturated carbocycles. The molecule has 1 heterocycles. The van der Waals surface area contributed by atoms with Crippen molar-refractivity contribution in [2.24, 2.45) is 5.10 Å². The Kier molecular flexibility index (Phi) is 4.57. The number of nitrogens with zero attached hydrogens (tertiary/aromatic N) is 2. The van der Waals surface area contributed by atoms with Crippen molar-refractivity contribution in [2.45, 2.75) is 12.8 Å². The number of hydrogen-bond acceptors (Lipinski definition) is 4. The van der Waals surface area contributed by atoms with Gasteiger partial charge in [0.1, 0.15) is 5.75 Å². The lowest BCUT2D eigenvalue weighted by Gasteiger charge is -2.30. The van der Waals surface area contributed by atoms with Gasteiger partial charge >= 0.3 is 0 Å². The SMILES string of the molecule is O=C(CN1CCCc2ccccc21)NN=Cc1cccc(O)c1. The van der Waals surface area contributed by atoms with E-state index in [-0.39, 0.29) is 18.2 Å². The van der Waals surface area contributed by atoms with Crippen LogP contribution in [0.4, 0.5) is 5.69 Å². The van der Waals surface area contributed by atoms with Crippen molar-refractivity contribution in [1.29, 1.82) is 0 Å². The van der Waals surface area contributed by atoms with Crippen molar-refractivity contribution in [3.63, 3.8) is 0 Å². The molecule has 0 aliphatic carbocycles. The van der Waals surface area contributed by atoms with Gasteiger partial charge in [-0.2, -0.15) is 5.10 Å². The quantitative estimate of drug-likeness (QED) is 0.673. The zero-order valence-corrected chi connectivity index (χ0v) is 12.8. The van der Waals surface area contributed by atoms with Gasteiger partial charge in [0.25, 0.3) is 5.91 Å². The molecule has 1 aliphatic rings. The van der Waals surface area contributed by atoms with Crippen LogP contribution in [0.15, 0.2) is 53.6 Å². The minimum Gasteiger partial charge on any atom is -0.508 e. The molecule has 1 aliphatic heterocycles. The highest BCUT2D eigenvalue weighted by atomic mass is 16.3. The molecule has 118 valence electrons. The topological polar surface area (TPSA) is 64.9 Å². The van der Waals surface area contributed by atoms with Gasteiger partial charge in [0, 0.05) is 12.2 Å². The Morgan fingerprint density at radius 1 is 1.26 bits per heavy atom. The van der Waals surface area contributed by atoms with Gasteiger partial charge in [0.15, 0.2) is 0 Å². The van der Waals surface area contributed by atoms with E-state index in [1.165, 1.54) is 11.8 Å². The van der Waals surface area contributed by atoms with Gasteiger partial charge in [-0.1, -0.05) is 30.3 Å². The first kappa shape index (κ1) is 15.1. The van der Waals surface area contributed by atoms with Crippen LogP contribution in [0.25, 0.3) is 0 Å². The number of phenolic OH excluding ortho intramolecular Hbond substituents is 1. The van der Waals surface area contributed by atoms with Crippen LogP contribution in [0.1, 0.15) is 17.5 Å². The van der Waals surface area contributed by atoms with Crippen molar-refractivity contribution < 1.29 is 9.90 Å². The number of carbonyl (C=O) groups is 1. The van der Waals surface area contributed by atoms with E-state index in [4.69, 9.17) is 0 Å². The van der Waals surface area contributed by atoms with Crippen LogP contribution in [0.5, 0.6) is 5.75 Å². The highest BCUT2D eigenvalue weighted by molar-refractivity contribution is 5.85. The Morgan fingerprint density at radius 2 is 2.13 bits per heavy atom. The maximum atomic E-state index is 12.1. The Bertz CT molecular complexity index is 728. The molecule has 5 nitrogen and oxygen atoms in total. The summed E-state index contributed by atoms with van der Waals surface area (Å²) in [5.41, 5.74) is 5.68. The second kappa shape index (κ2) is 6.96. The van der Waals surface area contributed by atoms with E-state index < -0.39 is 0 Å². The molecule has 0 aromatic heterocycles. The smallest absolute Gasteiger partial charge is 0.259 e. The monoisotopic (exact) mass is 309 g/mol. The summed E-state index contributed by atoms with van der Waals surface area (Å²) in [4.78, 5) is 14.1. The maximum Gasteiger partial charge on any atom is 0.259 e. The number of amides is 1. The van der Waals surface area contributed by atoms with Crippen molar-refractivity contribution in [3.8, 4) is 5.75 Å². The van der Waals surface area contributed by atoms with Gasteiger partial charge in [-0.3, -0.25) is 4.79 Å². The standard InChI is InChI=1S/C18H19N3O2/c22-16-8-3-5-14(11-16)12-19-20-18(23)13-21-10-4-7-15-6-1-2-9-17(15)21/h1-3,5-6,8-9,11-12,22H,4,7,10,13H2,(H,20,23). The summed E-state index contributed by atoms with van der Waals surface area (Å²) in [6, 6.07) is 14.9. The van der Waals surface area contributed by atoms with Crippen molar-refractivity contribution in [1.82, 2.24) is 5.43 Å². The molecule has 5 heteroatoms. The number of nitrogens with one attached hydrogen (secondary N) is 1. The van der Waals surface area contributed by atoms with E-state index in [1.54, 1.807) is 24.3 Å². The lowest BCUT2D eigenvalue weighted by Crippen LogP contribution is -2.38. The second-order valence-electron chi connectivity index (χ2n) is 5.54. The van der Waals surface area contributed by atoms with E-state index in [0.29, 0.717) is 0 Å². The molecule has 0 fully saturated rings. The van der Waals surface area contributed by atoms with Crippen LogP contribution in [-0.2, 0) is 11.2 Å². The minimum absolute atomic E-state index is 0.155. The van der Waals surface area contributed by atoms with Gasteiger partial charge in [0.05, 0.1) is 12.8 Å². The van der Waals surface area contributed by atoms with Crippen LogP contribution in [-0.4, -0.2) is 30.3 Å². The number of benzene rings is 2. The van der Waals surface area contributed by atoms with Gasteiger partial charge in [0.2, 0.25) is 0 Å². The molecule has 0 spiro atoms. The zero-order valence-electron chi connectivity index (χ0n) is 12.8. The number of para-hydroxylation sites is 1. The Labute approximate surface area is 135 Å². The maximum absolute atomic E-state index is 12.1. The number of carbonyl (C=O) groups excluding carboxylic acids is 1. The fourth-order valence-electron chi connectivity index (χ4n) is 2.77. The predicted molar refractivity (Wildman–Crippen MR) is 90.8 cm³/mol. The van der Waals surface area contributed by atoms with Crippen LogP contribution in [0.3, 0.4) is 0 Å². The first-order valence-corrected chi connectivity index (χ1v) is 7.66. The normalized spacial score (nSPS) is 13.8. The number of aromatic hydroxyl groups is 1. The van der Waals surface area contributed by atoms with E-state index >= 15 is 0 Å². The molecule has 23 heavy (non-hydrogen) atoms. The number of fused-ring (bicyclic) bond motifs is 1. The summed E-state index contributed by atoms with van der Waals surface area (Å²) >= 11 is 0. The Balaban J connectivity index is 1.58. The largest absolute Gasteiger partial charge is 0.508 e. The van der Waals surface area contributed by atoms with Gasteiger partial charge < -0.3 is 10.0 Å². The molecule has 0 saturated heterocycles. The van der Waals surface area contributed by atoms with E-state index in [0.717, 1.165) is 30.6 Å². The zero-order chi connectivity index (χ0) is 16.1. The number of anilines is 1. The molecule has 2 aromatic carbocycles. The van der Waals surface area contributed by atoms with Crippen molar-refractivity contribution >= 4 is 17.8 Å². The number of phenols is 1. The Hall–Kier alpha value is -2.82. The van der Waals surface area contributed by atoms with Crippen LogP contribution < -0.4 is 10.3 Å². The van der Waals surface area contributed by atoms with Crippen molar-refractivity contribution in [3.05, 3.63) is 59.7 Å². The fraction of sp³-hybridized carbons (Fsp3) is 0.222. The lowest BCUT2D eigenvalue weighted by molar-refractivity contribution is -0.119.